The van der Waals surface area contributed by atoms with Gasteiger partial charge in [-0.3, -0.25) is 9.59 Å². The fraction of sp³-hybridized carbons (Fsp3) is 0.500. The number of benzene rings is 1. The molecule has 0 radical (unpaired) electrons. The van der Waals surface area contributed by atoms with Crippen molar-refractivity contribution in [3.8, 4) is 5.75 Å². The molecule has 2 aliphatic heterocycles. The first-order valence-corrected chi connectivity index (χ1v) is 7.74. The predicted molar refractivity (Wildman–Crippen MR) is 91.3 cm³/mol. The van der Waals surface area contributed by atoms with Gasteiger partial charge in [0.2, 0.25) is 5.91 Å². The van der Waals surface area contributed by atoms with Gasteiger partial charge in [-0.25, -0.2) is 0 Å². The number of amides is 2. The molecule has 126 valence electrons. The van der Waals surface area contributed by atoms with Gasteiger partial charge in [-0.05, 0) is 57.0 Å². The van der Waals surface area contributed by atoms with Crippen molar-refractivity contribution in [1.29, 1.82) is 0 Å². The zero-order valence-electron chi connectivity index (χ0n) is 13.1. The van der Waals surface area contributed by atoms with Crippen LogP contribution in [0.25, 0.3) is 0 Å². The van der Waals surface area contributed by atoms with E-state index in [-0.39, 0.29) is 24.2 Å². The summed E-state index contributed by atoms with van der Waals surface area (Å²) in [4.78, 5) is 23.6. The minimum Gasteiger partial charge on any atom is -0.479 e. The molecule has 7 heteroatoms. The number of hydrogen-bond acceptors (Lipinski definition) is 4. The molecule has 0 aliphatic carbocycles. The van der Waals surface area contributed by atoms with Crippen LogP contribution < -0.4 is 20.7 Å². The monoisotopic (exact) mass is 339 g/mol. The number of ether oxygens (including phenoxy) is 1. The molecule has 1 aromatic carbocycles. The first-order valence-electron chi connectivity index (χ1n) is 7.74. The highest BCUT2D eigenvalue weighted by atomic mass is 35.5. The van der Waals surface area contributed by atoms with Crippen LogP contribution in [0.1, 0.15) is 26.2 Å². The van der Waals surface area contributed by atoms with Crippen LogP contribution in [-0.2, 0) is 9.59 Å². The Morgan fingerprint density at radius 3 is 3.00 bits per heavy atom. The Morgan fingerprint density at radius 2 is 2.26 bits per heavy atom. The van der Waals surface area contributed by atoms with E-state index in [0.29, 0.717) is 29.5 Å². The highest BCUT2D eigenvalue weighted by Crippen LogP contribution is 2.32. The molecule has 0 saturated carbocycles. The topological polar surface area (TPSA) is 79.5 Å². The summed E-state index contributed by atoms with van der Waals surface area (Å²) in [5, 5.41) is 8.95. The highest BCUT2D eigenvalue weighted by molar-refractivity contribution is 5.99. The molecule has 2 heterocycles. The lowest BCUT2D eigenvalue weighted by molar-refractivity contribution is -0.122. The van der Waals surface area contributed by atoms with E-state index in [2.05, 4.69) is 16.0 Å². The van der Waals surface area contributed by atoms with Gasteiger partial charge in [-0.15, -0.1) is 12.4 Å². The van der Waals surface area contributed by atoms with Crippen LogP contribution in [0.2, 0.25) is 0 Å². The normalized spacial score (nSPS) is 22.4. The summed E-state index contributed by atoms with van der Waals surface area (Å²) in [6.45, 7) is 3.76. The van der Waals surface area contributed by atoms with Gasteiger partial charge >= 0.3 is 0 Å². The Bertz CT molecular complexity index is 588. The van der Waals surface area contributed by atoms with Crippen LogP contribution in [0, 0.1) is 5.92 Å². The second kappa shape index (κ2) is 7.66. The number of hydrogen-bond donors (Lipinski definition) is 3. The number of halogens is 1. The van der Waals surface area contributed by atoms with E-state index in [9.17, 15) is 9.59 Å². The molecule has 2 unspecified atom stereocenters. The van der Waals surface area contributed by atoms with Gasteiger partial charge in [0, 0.05) is 12.1 Å². The summed E-state index contributed by atoms with van der Waals surface area (Å²) in [5.74, 6) is 1.05. The molecule has 3 rings (SSSR count). The average Bonchev–Trinajstić information content (AvgIpc) is 3.00. The van der Waals surface area contributed by atoms with Crippen molar-refractivity contribution in [3.63, 3.8) is 0 Å². The van der Waals surface area contributed by atoms with Gasteiger partial charge in [-0.2, -0.15) is 0 Å². The van der Waals surface area contributed by atoms with Crippen molar-refractivity contribution < 1.29 is 14.3 Å². The van der Waals surface area contributed by atoms with Crippen molar-refractivity contribution >= 4 is 35.6 Å². The average molecular weight is 340 g/mol. The van der Waals surface area contributed by atoms with Crippen molar-refractivity contribution in [2.75, 3.05) is 23.7 Å². The molecule has 6 nitrogen and oxygen atoms in total. The van der Waals surface area contributed by atoms with Crippen LogP contribution >= 0.6 is 12.4 Å². The van der Waals surface area contributed by atoms with Crippen molar-refractivity contribution in [2.45, 2.75) is 32.3 Å². The Morgan fingerprint density at radius 1 is 1.43 bits per heavy atom. The van der Waals surface area contributed by atoms with E-state index in [1.807, 2.05) is 0 Å². The van der Waals surface area contributed by atoms with Crippen molar-refractivity contribution in [2.24, 2.45) is 5.92 Å². The summed E-state index contributed by atoms with van der Waals surface area (Å²) in [7, 11) is 0. The molecule has 0 spiro atoms. The molecule has 0 bridgehead atoms. The molecule has 23 heavy (non-hydrogen) atoms. The summed E-state index contributed by atoms with van der Waals surface area (Å²) >= 11 is 0. The Kier molecular flexibility index (Phi) is 5.85. The molecule has 2 atom stereocenters. The maximum atomic E-state index is 12.0. The molecule has 2 aliphatic rings. The molecule has 1 saturated heterocycles. The summed E-state index contributed by atoms with van der Waals surface area (Å²) in [6.07, 6.45) is 2.07. The zero-order chi connectivity index (χ0) is 15.5. The van der Waals surface area contributed by atoms with Gasteiger partial charge in [0.15, 0.2) is 6.10 Å². The first-order chi connectivity index (χ1) is 10.6. The van der Waals surface area contributed by atoms with E-state index in [1.54, 1.807) is 25.1 Å². The third-order valence-corrected chi connectivity index (χ3v) is 4.14. The lowest BCUT2D eigenvalue weighted by Gasteiger charge is -2.23. The Balaban J connectivity index is 0.00000192. The smallest absolute Gasteiger partial charge is 0.265 e. The fourth-order valence-corrected chi connectivity index (χ4v) is 2.81. The van der Waals surface area contributed by atoms with E-state index in [1.165, 1.54) is 0 Å². The number of carbonyl (C=O) groups is 2. The molecule has 3 N–H and O–H groups in total. The van der Waals surface area contributed by atoms with Crippen molar-refractivity contribution in [1.82, 2.24) is 5.32 Å². The Labute approximate surface area is 141 Å². The molecule has 1 aromatic rings. The minimum absolute atomic E-state index is 0. The first kappa shape index (κ1) is 17.6. The number of rotatable bonds is 4. The largest absolute Gasteiger partial charge is 0.479 e. The molecule has 1 fully saturated rings. The predicted octanol–water partition coefficient (Wildman–Crippen LogP) is 2.16. The molecule has 0 aromatic heterocycles. The van der Waals surface area contributed by atoms with Crippen LogP contribution in [0.5, 0.6) is 5.75 Å². The second-order valence-electron chi connectivity index (χ2n) is 5.91. The summed E-state index contributed by atoms with van der Waals surface area (Å²) in [6, 6.07) is 5.29. The SMILES string of the molecule is CC1Oc2ccc(NC(=O)CCC3CCNC3)cc2NC1=O.Cl. The number of anilines is 2. The second-order valence-corrected chi connectivity index (χ2v) is 5.91. The number of nitrogens with one attached hydrogen (secondary N) is 3. The van der Waals surface area contributed by atoms with Gasteiger partial charge in [0.05, 0.1) is 5.69 Å². The van der Waals surface area contributed by atoms with E-state index in [4.69, 9.17) is 4.74 Å². The van der Waals surface area contributed by atoms with Gasteiger partial charge in [0.1, 0.15) is 5.75 Å². The van der Waals surface area contributed by atoms with Crippen LogP contribution in [0.15, 0.2) is 18.2 Å². The third-order valence-electron chi connectivity index (χ3n) is 4.14. The zero-order valence-corrected chi connectivity index (χ0v) is 13.9. The molecular formula is C16H22ClN3O3. The van der Waals surface area contributed by atoms with E-state index < -0.39 is 6.10 Å². The van der Waals surface area contributed by atoms with Gasteiger partial charge < -0.3 is 20.7 Å². The van der Waals surface area contributed by atoms with Crippen LogP contribution in [0.3, 0.4) is 0 Å². The van der Waals surface area contributed by atoms with Crippen LogP contribution in [0.4, 0.5) is 11.4 Å². The molecule has 2 amide bonds. The maximum Gasteiger partial charge on any atom is 0.265 e. The quantitative estimate of drug-likeness (QED) is 0.785. The summed E-state index contributed by atoms with van der Waals surface area (Å²) < 4.78 is 5.49. The number of fused-ring (bicyclic) bond motifs is 1. The highest BCUT2D eigenvalue weighted by Gasteiger charge is 2.23. The number of carbonyl (C=O) groups excluding carboxylic acids is 2. The fourth-order valence-electron chi connectivity index (χ4n) is 2.81. The molecular weight excluding hydrogens is 318 g/mol. The maximum absolute atomic E-state index is 12.0. The lowest BCUT2D eigenvalue weighted by atomic mass is 10.0. The van der Waals surface area contributed by atoms with E-state index in [0.717, 1.165) is 25.9 Å². The van der Waals surface area contributed by atoms with Gasteiger partial charge in [-0.1, -0.05) is 0 Å². The van der Waals surface area contributed by atoms with Crippen LogP contribution in [-0.4, -0.2) is 31.0 Å². The third kappa shape index (κ3) is 4.36. The van der Waals surface area contributed by atoms with Gasteiger partial charge in [0.25, 0.3) is 5.91 Å². The Hall–Kier alpha value is -1.79. The van der Waals surface area contributed by atoms with E-state index >= 15 is 0 Å². The summed E-state index contributed by atoms with van der Waals surface area (Å²) in [5.41, 5.74) is 1.27. The standard InChI is InChI=1S/C16H21N3O3.ClH/c1-10-16(21)19-13-8-12(3-4-14(13)22-10)18-15(20)5-2-11-6-7-17-9-11;/h3-4,8,10-11,17H,2,5-7,9H2,1H3,(H,18,20)(H,19,21);1H. The van der Waals surface area contributed by atoms with Crippen molar-refractivity contribution in [3.05, 3.63) is 18.2 Å². The lowest BCUT2D eigenvalue weighted by Crippen LogP contribution is -2.34. The minimum atomic E-state index is -0.493.